The predicted octanol–water partition coefficient (Wildman–Crippen LogP) is 2.14. The summed E-state index contributed by atoms with van der Waals surface area (Å²) in [6.07, 6.45) is 1.49. The number of thioether (sulfide) groups is 1. The summed E-state index contributed by atoms with van der Waals surface area (Å²) in [6.45, 7) is 2.28. The van der Waals surface area contributed by atoms with Crippen molar-refractivity contribution in [3.05, 3.63) is 57.1 Å². The first kappa shape index (κ1) is 15.6. The number of nitrogens with zero attached hydrogens (tertiary/aromatic N) is 1. The number of rotatable bonds is 5. The van der Waals surface area contributed by atoms with E-state index in [9.17, 15) is 9.59 Å². The SMILES string of the molecule is Cc1cnc(=O)[nH]c1SCC(=O)NCc1ccc(Cl)cc1. The van der Waals surface area contributed by atoms with E-state index in [2.05, 4.69) is 15.3 Å². The monoisotopic (exact) mass is 323 g/mol. The van der Waals surface area contributed by atoms with Crippen LogP contribution in [0.3, 0.4) is 0 Å². The molecule has 0 bridgehead atoms. The van der Waals surface area contributed by atoms with E-state index in [0.29, 0.717) is 16.6 Å². The van der Waals surface area contributed by atoms with Gasteiger partial charge in [-0.05, 0) is 30.2 Å². The van der Waals surface area contributed by atoms with Crippen LogP contribution in [0.15, 0.2) is 40.3 Å². The van der Waals surface area contributed by atoms with Gasteiger partial charge in [-0.25, -0.2) is 9.78 Å². The fourth-order valence-electron chi connectivity index (χ4n) is 1.58. The van der Waals surface area contributed by atoms with Crippen molar-refractivity contribution >= 4 is 29.3 Å². The van der Waals surface area contributed by atoms with Gasteiger partial charge in [-0.15, -0.1) is 0 Å². The molecule has 2 N–H and O–H groups in total. The number of carbonyl (C=O) groups excluding carboxylic acids is 1. The van der Waals surface area contributed by atoms with E-state index in [4.69, 9.17) is 11.6 Å². The molecule has 0 saturated carbocycles. The number of aryl methyl sites for hydroxylation is 1. The van der Waals surface area contributed by atoms with Crippen LogP contribution >= 0.6 is 23.4 Å². The van der Waals surface area contributed by atoms with Gasteiger partial charge >= 0.3 is 5.69 Å². The van der Waals surface area contributed by atoms with Crippen molar-refractivity contribution in [3.63, 3.8) is 0 Å². The highest BCUT2D eigenvalue weighted by Gasteiger charge is 2.06. The van der Waals surface area contributed by atoms with Gasteiger partial charge in [0, 0.05) is 17.8 Å². The summed E-state index contributed by atoms with van der Waals surface area (Å²) in [5.74, 6) is 0.126. The molecule has 2 aromatic rings. The largest absolute Gasteiger partial charge is 0.351 e. The lowest BCUT2D eigenvalue weighted by molar-refractivity contribution is -0.118. The predicted molar refractivity (Wildman–Crippen MR) is 83.6 cm³/mol. The topological polar surface area (TPSA) is 74.8 Å². The number of benzene rings is 1. The second kappa shape index (κ2) is 7.28. The number of hydrogen-bond donors (Lipinski definition) is 2. The molecule has 1 amide bonds. The molecule has 0 aliphatic rings. The zero-order valence-corrected chi connectivity index (χ0v) is 12.9. The first-order chi connectivity index (χ1) is 10.0. The van der Waals surface area contributed by atoms with Crippen molar-refractivity contribution in [2.45, 2.75) is 18.5 Å². The average Bonchev–Trinajstić information content (AvgIpc) is 2.47. The molecule has 0 saturated heterocycles. The van der Waals surface area contributed by atoms with Crippen LogP contribution in [0.1, 0.15) is 11.1 Å². The molecule has 2 rings (SSSR count). The Labute approximate surface area is 131 Å². The number of aromatic amines is 1. The summed E-state index contributed by atoms with van der Waals surface area (Å²) in [7, 11) is 0. The Balaban J connectivity index is 1.83. The van der Waals surface area contributed by atoms with E-state index in [1.54, 1.807) is 12.1 Å². The van der Waals surface area contributed by atoms with Crippen molar-refractivity contribution in [2.75, 3.05) is 5.75 Å². The third-order valence-corrected chi connectivity index (χ3v) is 4.08. The average molecular weight is 324 g/mol. The van der Waals surface area contributed by atoms with Gasteiger partial charge < -0.3 is 10.3 Å². The highest BCUT2D eigenvalue weighted by atomic mass is 35.5. The van der Waals surface area contributed by atoms with Crippen molar-refractivity contribution in [1.82, 2.24) is 15.3 Å². The Hall–Kier alpha value is -1.79. The van der Waals surface area contributed by atoms with Gasteiger partial charge in [-0.3, -0.25) is 4.79 Å². The third-order valence-electron chi connectivity index (χ3n) is 2.70. The van der Waals surface area contributed by atoms with Crippen molar-refractivity contribution in [2.24, 2.45) is 0 Å². The normalized spacial score (nSPS) is 10.4. The van der Waals surface area contributed by atoms with Gasteiger partial charge in [0.05, 0.1) is 10.8 Å². The first-order valence-electron chi connectivity index (χ1n) is 6.24. The van der Waals surface area contributed by atoms with Crippen LogP contribution < -0.4 is 11.0 Å². The van der Waals surface area contributed by atoms with Crippen molar-refractivity contribution in [3.8, 4) is 0 Å². The highest BCUT2D eigenvalue weighted by Crippen LogP contribution is 2.16. The van der Waals surface area contributed by atoms with Gasteiger partial charge in [0.1, 0.15) is 0 Å². The van der Waals surface area contributed by atoms with Crippen LogP contribution in [0.2, 0.25) is 5.02 Å². The van der Waals surface area contributed by atoms with E-state index in [1.807, 2.05) is 19.1 Å². The number of amides is 1. The standard InChI is InChI=1S/C14H14ClN3O2S/c1-9-6-17-14(20)18-13(9)21-8-12(19)16-7-10-2-4-11(15)5-3-10/h2-6H,7-8H2,1H3,(H,16,19)(H,17,18,20). The Morgan fingerprint density at radius 3 is 2.81 bits per heavy atom. The maximum Gasteiger partial charge on any atom is 0.345 e. The zero-order valence-electron chi connectivity index (χ0n) is 11.4. The van der Waals surface area contributed by atoms with Gasteiger partial charge in [0.2, 0.25) is 5.91 Å². The summed E-state index contributed by atoms with van der Waals surface area (Å²) in [5, 5.41) is 4.14. The maximum atomic E-state index is 11.8. The number of halogens is 1. The van der Waals surface area contributed by atoms with E-state index in [0.717, 1.165) is 11.1 Å². The Bertz CT molecular complexity index is 685. The van der Waals surface area contributed by atoms with Gasteiger partial charge in [0.15, 0.2) is 0 Å². The Morgan fingerprint density at radius 2 is 2.10 bits per heavy atom. The molecule has 7 heteroatoms. The first-order valence-corrected chi connectivity index (χ1v) is 7.61. The third kappa shape index (κ3) is 4.91. The van der Waals surface area contributed by atoms with Gasteiger partial charge in [-0.1, -0.05) is 35.5 Å². The van der Waals surface area contributed by atoms with Crippen LogP contribution in [0.4, 0.5) is 0 Å². The number of nitrogens with one attached hydrogen (secondary N) is 2. The lowest BCUT2D eigenvalue weighted by Gasteiger charge is -2.06. The molecule has 5 nitrogen and oxygen atoms in total. The fourth-order valence-corrected chi connectivity index (χ4v) is 2.53. The molecule has 0 radical (unpaired) electrons. The van der Waals surface area contributed by atoms with Crippen LogP contribution in [-0.2, 0) is 11.3 Å². The second-order valence-corrected chi connectivity index (χ2v) is 5.81. The minimum atomic E-state index is -0.412. The second-order valence-electron chi connectivity index (χ2n) is 4.39. The summed E-state index contributed by atoms with van der Waals surface area (Å²) in [4.78, 5) is 29.1. The minimum absolute atomic E-state index is 0.105. The molecule has 1 aromatic carbocycles. The van der Waals surface area contributed by atoms with Crippen LogP contribution in [0.5, 0.6) is 0 Å². The number of aromatic nitrogens is 2. The molecule has 0 fully saturated rings. The van der Waals surface area contributed by atoms with Gasteiger partial charge in [-0.2, -0.15) is 0 Å². The van der Waals surface area contributed by atoms with E-state index >= 15 is 0 Å². The zero-order chi connectivity index (χ0) is 15.2. The molecule has 21 heavy (non-hydrogen) atoms. The summed E-state index contributed by atoms with van der Waals surface area (Å²) in [6, 6.07) is 7.28. The van der Waals surface area contributed by atoms with Crippen LogP contribution in [0.25, 0.3) is 0 Å². The summed E-state index contributed by atoms with van der Waals surface area (Å²) < 4.78 is 0. The van der Waals surface area contributed by atoms with E-state index in [1.165, 1.54) is 18.0 Å². The smallest absolute Gasteiger partial charge is 0.345 e. The summed E-state index contributed by atoms with van der Waals surface area (Å²) >= 11 is 7.07. The van der Waals surface area contributed by atoms with Crippen molar-refractivity contribution in [1.29, 1.82) is 0 Å². The molecule has 1 heterocycles. The highest BCUT2D eigenvalue weighted by molar-refractivity contribution is 7.99. The molecular weight excluding hydrogens is 310 g/mol. The van der Waals surface area contributed by atoms with E-state index < -0.39 is 5.69 Å². The molecule has 0 unspecified atom stereocenters. The number of hydrogen-bond acceptors (Lipinski definition) is 4. The molecule has 0 aliphatic carbocycles. The van der Waals surface area contributed by atoms with Gasteiger partial charge in [0.25, 0.3) is 0 Å². The Kier molecular flexibility index (Phi) is 5.41. The minimum Gasteiger partial charge on any atom is -0.351 e. The number of H-pyrrole nitrogens is 1. The Morgan fingerprint density at radius 1 is 1.38 bits per heavy atom. The quantitative estimate of drug-likeness (QED) is 0.653. The lowest BCUT2D eigenvalue weighted by Crippen LogP contribution is -2.24. The van der Waals surface area contributed by atoms with Crippen molar-refractivity contribution < 1.29 is 4.79 Å². The number of carbonyl (C=O) groups is 1. The molecule has 0 atom stereocenters. The summed E-state index contributed by atoms with van der Waals surface area (Å²) in [5.41, 5.74) is 1.40. The fraction of sp³-hybridized carbons (Fsp3) is 0.214. The van der Waals surface area contributed by atoms with E-state index in [-0.39, 0.29) is 11.7 Å². The molecule has 0 aliphatic heterocycles. The van der Waals surface area contributed by atoms with Crippen LogP contribution in [0, 0.1) is 6.92 Å². The molecular formula is C14H14ClN3O2S. The molecule has 1 aromatic heterocycles. The molecule has 110 valence electrons. The van der Waals surface area contributed by atoms with Crippen LogP contribution in [-0.4, -0.2) is 21.6 Å². The lowest BCUT2D eigenvalue weighted by atomic mass is 10.2. The maximum absolute atomic E-state index is 11.8. The molecule has 0 spiro atoms.